The highest BCUT2D eigenvalue weighted by Crippen LogP contribution is 2.16. The molecule has 0 aliphatic carbocycles. The molecule has 13 heavy (non-hydrogen) atoms. The average Bonchev–Trinajstić information content (AvgIpc) is 1.80. The fourth-order valence-corrected chi connectivity index (χ4v) is 1.39. The minimum atomic E-state index is -0.470. The molecule has 0 aromatic rings. The molecule has 2 N–H and O–H groups in total. The molecule has 0 spiro atoms. The van der Waals surface area contributed by atoms with E-state index < -0.39 is 8.07 Å². The third-order valence-electron chi connectivity index (χ3n) is 1.12. The summed E-state index contributed by atoms with van der Waals surface area (Å²) in [7, 11) is -0.470. The van der Waals surface area contributed by atoms with Gasteiger partial charge in [0.1, 0.15) is 6.42 Å². The van der Waals surface area contributed by atoms with Crippen molar-refractivity contribution in [2.45, 2.75) is 26.3 Å². The Bertz CT molecular complexity index is 173. The molecule has 0 radical (unpaired) electrons. The van der Waals surface area contributed by atoms with Gasteiger partial charge in [0.25, 0.3) is 0 Å². The Kier molecular flexibility index (Phi) is 5.63. The van der Waals surface area contributed by atoms with Gasteiger partial charge in [-0.1, -0.05) is 0 Å². The lowest BCUT2D eigenvalue weighted by Crippen LogP contribution is -2.34. The first-order valence-corrected chi connectivity index (χ1v) is 6.41. The number of carbonyl (C=O) groups excluding carboxylic acids is 2. The smallest absolute Gasteiger partial charge is 0.232 e. The Morgan fingerprint density at radius 1 is 1.23 bits per heavy atom. The standard InChI is InChI=1S/C8H17N2O2P/c1-6(2)9-7(11)5-8(12)10-13(3)4/h6H,5H2,1-4H3,(H,9,11)(H,10,12). The van der Waals surface area contributed by atoms with E-state index in [9.17, 15) is 9.59 Å². The molecule has 0 aromatic heterocycles. The van der Waals surface area contributed by atoms with Crippen LogP contribution in [-0.4, -0.2) is 31.2 Å². The second kappa shape index (κ2) is 5.92. The summed E-state index contributed by atoms with van der Waals surface area (Å²) in [5.41, 5.74) is 0. The van der Waals surface area contributed by atoms with E-state index >= 15 is 0 Å². The van der Waals surface area contributed by atoms with Gasteiger partial charge in [-0.25, -0.2) is 0 Å². The van der Waals surface area contributed by atoms with Gasteiger partial charge in [0, 0.05) is 6.04 Å². The van der Waals surface area contributed by atoms with E-state index in [4.69, 9.17) is 0 Å². The average molecular weight is 204 g/mol. The molecule has 0 heterocycles. The van der Waals surface area contributed by atoms with Crippen LogP contribution in [0, 0.1) is 0 Å². The summed E-state index contributed by atoms with van der Waals surface area (Å²) in [5, 5.41) is 5.37. The van der Waals surface area contributed by atoms with E-state index in [1.807, 2.05) is 27.2 Å². The molecule has 0 bridgehead atoms. The first-order valence-electron chi connectivity index (χ1n) is 4.18. The maximum Gasteiger partial charge on any atom is 0.232 e. The van der Waals surface area contributed by atoms with Crippen molar-refractivity contribution in [3.05, 3.63) is 0 Å². The van der Waals surface area contributed by atoms with Crippen molar-refractivity contribution in [2.24, 2.45) is 0 Å². The van der Waals surface area contributed by atoms with E-state index in [2.05, 4.69) is 10.4 Å². The predicted octanol–water partition coefficient (Wildman–Crippen LogP) is 0.674. The minimum absolute atomic E-state index is 0.0707. The quantitative estimate of drug-likeness (QED) is 0.522. The van der Waals surface area contributed by atoms with Crippen LogP contribution in [0.2, 0.25) is 0 Å². The van der Waals surface area contributed by atoms with Crippen LogP contribution in [0.5, 0.6) is 0 Å². The second-order valence-corrected chi connectivity index (χ2v) is 5.34. The number of nitrogens with one attached hydrogen (secondary N) is 2. The molecule has 0 saturated carbocycles. The van der Waals surface area contributed by atoms with Gasteiger partial charge in [-0.15, -0.1) is 0 Å². The molecular formula is C8H17N2O2P. The van der Waals surface area contributed by atoms with Gasteiger partial charge >= 0.3 is 0 Å². The Hall–Kier alpha value is -0.630. The molecule has 0 saturated heterocycles. The lowest BCUT2D eigenvalue weighted by molar-refractivity contribution is -0.128. The van der Waals surface area contributed by atoms with Crippen molar-refractivity contribution in [1.29, 1.82) is 0 Å². The van der Waals surface area contributed by atoms with Crippen molar-refractivity contribution >= 4 is 19.9 Å². The van der Waals surface area contributed by atoms with Crippen LogP contribution in [-0.2, 0) is 9.59 Å². The summed E-state index contributed by atoms with van der Waals surface area (Å²) in [4.78, 5) is 22.2. The third-order valence-corrected chi connectivity index (χ3v) is 1.82. The summed E-state index contributed by atoms with van der Waals surface area (Å²) in [6.45, 7) is 7.58. The van der Waals surface area contributed by atoms with Crippen LogP contribution >= 0.6 is 8.07 Å². The number of hydrogen-bond acceptors (Lipinski definition) is 2. The van der Waals surface area contributed by atoms with Gasteiger partial charge in [0.15, 0.2) is 0 Å². The maximum absolute atomic E-state index is 11.1. The first kappa shape index (κ1) is 12.4. The molecule has 0 atom stereocenters. The summed E-state index contributed by atoms with van der Waals surface area (Å²) < 4.78 is 0. The predicted molar refractivity (Wildman–Crippen MR) is 54.8 cm³/mol. The van der Waals surface area contributed by atoms with E-state index in [-0.39, 0.29) is 24.3 Å². The van der Waals surface area contributed by atoms with E-state index in [0.29, 0.717) is 0 Å². The number of hydrogen-bond donors (Lipinski definition) is 2. The van der Waals surface area contributed by atoms with E-state index in [1.165, 1.54) is 0 Å². The first-order chi connectivity index (χ1) is 5.91. The van der Waals surface area contributed by atoms with Crippen molar-refractivity contribution in [3.8, 4) is 0 Å². The molecule has 2 amide bonds. The fraction of sp³-hybridized carbons (Fsp3) is 0.750. The molecule has 0 rings (SSSR count). The molecule has 0 aliphatic rings. The van der Waals surface area contributed by atoms with Crippen LogP contribution in [0.4, 0.5) is 0 Å². The highest BCUT2D eigenvalue weighted by molar-refractivity contribution is 7.54. The Morgan fingerprint density at radius 2 is 1.77 bits per heavy atom. The summed E-state index contributed by atoms with van der Waals surface area (Å²) in [6, 6.07) is 0.0880. The summed E-state index contributed by atoms with van der Waals surface area (Å²) >= 11 is 0. The van der Waals surface area contributed by atoms with Crippen LogP contribution in [0.1, 0.15) is 20.3 Å². The zero-order valence-electron chi connectivity index (χ0n) is 8.55. The molecule has 0 aromatic carbocycles. The lowest BCUT2D eigenvalue weighted by Gasteiger charge is -2.10. The highest BCUT2D eigenvalue weighted by atomic mass is 31.1. The van der Waals surface area contributed by atoms with Gasteiger partial charge < -0.3 is 10.4 Å². The SMILES string of the molecule is CC(C)NC(=O)CC(=O)NP(C)C. The van der Waals surface area contributed by atoms with Crippen molar-refractivity contribution in [2.75, 3.05) is 13.3 Å². The molecule has 76 valence electrons. The molecule has 5 heteroatoms. The molecule has 0 aliphatic heterocycles. The summed E-state index contributed by atoms with van der Waals surface area (Å²) in [6.07, 6.45) is -0.0707. The minimum Gasteiger partial charge on any atom is -0.353 e. The zero-order chi connectivity index (χ0) is 10.4. The summed E-state index contributed by atoms with van der Waals surface area (Å²) in [5.74, 6) is -0.418. The van der Waals surface area contributed by atoms with Gasteiger partial charge in [-0.3, -0.25) is 9.59 Å². The Labute approximate surface area is 80.3 Å². The lowest BCUT2D eigenvalue weighted by atomic mass is 10.3. The van der Waals surface area contributed by atoms with Crippen LogP contribution in [0.25, 0.3) is 0 Å². The zero-order valence-corrected chi connectivity index (χ0v) is 9.44. The highest BCUT2D eigenvalue weighted by Gasteiger charge is 2.10. The molecule has 0 unspecified atom stereocenters. The monoisotopic (exact) mass is 204 g/mol. The van der Waals surface area contributed by atoms with Crippen molar-refractivity contribution in [3.63, 3.8) is 0 Å². The van der Waals surface area contributed by atoms with Crippen LogP contribution in [0.3, 0.4) is 0 Å². The largest absolute Gasteiger partial charge is 0.353 e. The van der Waals surface area contributed by atoms with Crippen LogP contribution in [0.15, 0.2) is 0 Å². The second-order valence-electron chi connectivity index (χ2n) is 3.33. The van der Waals surface area contributed by atoms with Gasteiger partial charge in [-0.05, 0) is 35.2 Å². The number of rotatable bonds is 4. The normalized spacial score (nSPS) is 10.3. The van der Waals surface area contributed by atoms with E-state index in [1.54, 1.807) is 0 Å². The third kappa shape index (κ3) is 7.72. The number of carbonyl (C=O) groups is 2. The Balaban J connectivity index is 3.72. The topological polar surface area (TPSA) is 58.2 Å². The van der Waals surface area contributed by atoms with Gasteiger partial charge in [0.05, 0.1) is 0 Å². The van der Waals surface area contributed by atoms with Crippen molar-refractivity contribution < 1.29 is 9.59 Å². The maximum atomic E-state index is 11.1. The molecule has 4 nitrogen and oxygen atoms in total. The Morgan fingerprint density at radius 3 is 2.15 bits per heavy atom. The molecular weight excluding hydrogens is 187 g/mol. The van der Waals surface area contributed by atoms with Crippen LogP contribution < -0.4 is 10.4 Å². The number of amides is 2. The fourth-order valence-electron chi connectivity index (χ4n) is 0.808. The van der Waals surface area contributed by atoms with E-state index in [0.717, 1.165) is 0 Å². The van der Waals surface area contributed by atoms with Gasteiger partial charge in [0.2, 0.25) is 11.8 Å². The van der Waals surface area contributed by atoms with Crippen molar-refractivity contribution in [1.82, 2.24) is 10.4 Å². The van der Waals surface area contributed by atoms with Gasteiger partial charge in [-0.2, -0.15) is 0 Å². The molecule has 0 fully saturated rings.